The van der Waals surface area contributed by atoms with E-state index in [2.05, 4.69) is 24.1 Å². The van der Waals surface area contributed by atoms with Crippen LogP contribution in [0.25, 0.3) is 0 Å². The van der Waals surface area contributed by atoms with Crippen molar-refractivity contribution in [1.29, 1.82) is 0 Å². The minimum absolute atomic E-state index is 0.0187. The molecule has 1 N–H and O–H groups in total. The molecule has 1 aliphatic heterocycles. The van der Waals surface area contributed by atoms with E-state index in [0.29, 0.717) is 6.54 Å². The van der Waals surface area contributed by atoms with Crippen molar-refractivity contribution in [1.82, 2.24) is 10.2 Å². The van der Waals surface area contributed by atoms with Gasteiger partial charge in [-0.3, -0.25) is 9.69 Å². The van der Waals surface area contributed by atoms with Crippen molar-refractivity contribution in [2.45, 2.75) is 51.9 Å². The van der Waals surface area contributed by atoms with Gasteiger partial charge < -0.3 is 10.1 Å². The predicted octanol–water partition coefficient (Wildman–Crippen LogP) is 0.425. The number of hydrogen-bond donors (Lipinski definition) is 1. The summed E-state index contributed by atoms with van der Waals surface area (Å²) in [5.74, 6) is -0.326. The fourth-order valence-corrected chi connectivity index (χ4v) is 3.02. The lowest BCUT2D eigenvalue weighted by atomic mass is 10.00. The van der Waals surface area contributed by atoms with Gasteiger partial charge in [-0.05, 0) is 27.7 Å². The molecule has 21 heavy (non-hydrogen) atoms. The molecule has 2 atom stereocenters. The maximum absolute atomic E-state index is 11.7. The van der Waals surface area contributed by atoms with Crippen LogP contribution in [-0.2, 0) is 19.4 Å². The number of carbonyl (C=O) groups excluding carboxylic acids is 1. The van der Waals surface area contributed by atoms with E-state index in [4.69, 9.17) is 4.74 Å². The molecule has 7 heteroatoms. The third-order valence-electron chi connectivity index (χ3n) is 3.69. The van der Waals surface area contributed by atoms with Gasteiger partial charge in [0.15, 0.2) is 0 Å². The first-order valence-electron chi connectivity index (χ1n) is 7.34. The molecule has 1 saturated heterocycles. The van der Waals surface area contributed by atoms with E-state index in [1.165, 1.54) is 0 Å². The van der Waals surface area contributed by atoms with Crippen LogP contribution in [0.4, 0.5) is 0 Å². The van der Waals surface area contributed by atoms with Crippen LogP contribution in [-0.4, -0.2) is 68.6 Å². The van der Waals surface area contributed by atoms with Gasteiger partial charge in [-0.2, -0.15) is 0 Å². The van der Waals surface area contributed by atoms with Crippen LogP contribution in [0.3, 0.4) is 0 Å². The molecule has 0 aromatic rings. The van der Waals surface area contributed by atoms with Crippen LogP contribution >= 0.6 is 0 Å². The first-order valence-corrected chi connectivity index (χ1v) is 9.40. The van der Waals surface area contributed by atoms with Crippen LogP contribution in [0.1, 0.15) is 34.1 Å². The topological polar surface area (TPSA) is 75.7 Å². The standard InChI is InChI=1S/C14H28N2O4S/c1-11-8-16(9-12(2)20-11)14(3,4)10-15-13(17)6-7-21(5,18)19/h11-12H,6-10H2,1-5H3,(H,15,17). The van der Waals surface area contributed by atoms with Crippen molar-refractivity contribution >= 4 is 15.7 Å². The Hall–Kier alpha value is -0.660. The number of rotatable bonds is 6. The maximum Gasteiger partial charge on any atom is 0.221 e. The molecule has 1 fully saturated rings. The minimum atomic E-state index is -3.10. The van der Waals surface area contributed by atoms with Gasteiger partial charge >= 0.3 is 0 Å². The highest BCUT2D eigenvalue weighted by atomic mass is 32.2. The lowest BCUT2D eigenvalue weighted by molar-refractivity contribution is -0.122. The molecule has 0 saturated carbocycles. The van der Waals surface area contributed by atoms with Crippen LogP contribution in [0.5, 0.6) is 0 Å². The number of ether oxygens (including phenoxy) is 1. The summed E-state index contributed by atoms with van der Waals surface area (Å²) in [5.41, 5.74) is -0.187. The second-order valence-electron chi connectivity index (χ2n) is 6.63. The number of amides is 1. The second kappa shape index (κ2) is 7.07. The molecule has 2 unspecified atom stereocenters. The van der Waals surface area contributed by atoms with Crippen LogP contribution in [0.2, 0.25) is 0 Å². The molecule has 0 aromatic carbocycles. The zero-order valence-electron chi connectivity index (χ0n) is 13.7. The molecule has 124 valence electrons. The van der Waals surface area contributed by atoms with Gasteiger partial charge in [0.05, 0.1) is 18.0 Å². The van der Waals surface area contributed by atoms with E-state index < -0.39 is 9.84 Å². The van der Waals surface area contributed by atoms with Crippen LogP contribution < -0.4 is 5.32 Å². The fourth-order valence-electron chi connectivity index (χ4n) is 2.47. The van der Waals surface area contributed by atoms with E-state index >= 15 is 0 Å². The summed E-state index contributed by atoms with van der Waals surface area (Å²) < 4.78 is 27.8. The molecule has 1 rings (SSSR count). The summed E-state index contributed by atoms with van der Waals surface area (Å²) >= 11 is 0. The zero-order valence-corrected chi connectivity index (χ0v) is 14.5. The summed E-state index contributed by atoms with van der Waals surface area (Å²) in [6.45, 7) is 10.4. The molecule has 6 nitrogen and oxygen atoms in total. The van der Waals surface area contributed by atoms with Gasteiger partial charge in [0.25, 0.3) is 0 Å². The number of hydrogen-bond acceptors (Lipinski definition) is 5. The normalized spacial score (nSPS) is 24.8. The Balaban J connectivity index is 2.46. The smallest absolute Gasteiger partial charge is 0.221 e. The Morgan fingerprint density at radius 1 is 1.29 bits per heavy atom. The fraction of sp³-hybridized carbons (Fsp3) is 0.929. The molecular formula is C14H28N2O4S. The Bertz CT molecular complexity index is 452. The van der Waals surface area contributed by atoms with E-state index in [1.54, 1.807) is 0 Å². The molecular weight excluding hydrogens is 292 g/mol. The molecule has 1 heterocycles. The highest BCUT2D eigenvalue weighted by Gasteiger charge is 2.33. The lowest BCUT2D eigenvalue weighted by Crippen LogP contribution is -2.58. The van der Waals surface area contributed by atoms with Crippen molar-refractivity contribution in [3.8, 4) is 0 Å². The number of sulfone groups is 1. The Morgan fingerprint density at radius 3 is 2.29 bits per heavy atom. The first kappa shape index (κ1) is 18.4. The summed E-state index contributed by atoms with van der Waals surface area (Å²) in [4.78, 5) is 14.0. The average molecular weight is 320 g/mol. The number of morpholine rings is 1. The number of nitrogens with one attached hydrogen (secondary N) is 1. The molecule has 1 amide bonds. The van der Waals surface area contributed by atoms with Crippen LogP contribution in [0, 0.1) is 0 Å². The summed E-state index contributed by atoms with van der Waals surface area (Å²) in [6.07, 6.45) is 1.51. The summed E-state index contributed by atoms with van der Waals surface area (Å²) in [7, 11) is -3.10. The van der Waals surface area contributed by atoms with E-state index in [1.807, 2.05) is 13.8 Å². The van der Waals surface area contributed by atoms with Crippen molar-refractivity contribution in [3.63, 3.8) is 0 Å². The monoisotopic (exact) mass is 320 g/mol. The predicted molar refractivity (Wildman–Crippen MR) is 83.0 cm³/mol. The highest BCUT2D eigenvalue weighted by molar-refractivity contribution is 7.90. The summed E-state index contributed by atoms with van der Waals surface area (Å²) in [6, 6.07) is 0. The van der Waals surface area contributed by atoms with E-state index in [9.17, 15) is 13.2 Å². The Kier molecular flexibility index (Phi) is 6.19. The average Bonchev–Trinajstić information content (AvgIpc) is 2.32. The molecule has 1 aliphatic rings. The van der Waals surface area contributed by atoms with Gasteiger partial charge in [0.2, 0.25) is 5.91 Å². The maximum atomic E-state index is 11.7. The third-order valence-corrected chi connectivity index (χ3v) is 4.64. The largest absolute Gasteiger partial charge is 0.373 e. The first-order chi connectivity index (χ1) is 9.49. The third kappa shape index (κ3) is 6.76. The summed E-state index contributed by atoms with van der Waals surface area (Å²) in [5, 5.41) is 2.84. The second-order valence-corrected chi connectivity index (χ2v) is 8.89. The van der Waals surface area contributed by atoms with Gasteiger partial charge in [-0.25, -0.2) is 8.42 Å². The van der Waals surface area contributed by atoms with E-state index in [-0.39, 0.29) is 35.8 Å². The van der Waals surface area contributed by atoms with Crippen molar-refractivity contribution < 1.29 is 17.9 Å². The van der Waals surface area contributed by atoms with Gasteiger partial charge in [-0.15, -0.1) is 0 Å². The molecule has 0 radical (unpaired) electrons. The molecule has 0 aliphatic carbocycles. The van der Waals surface area contributed by atoms with Gasteiger partial charge in [-0.1, -0.05) is 0 Å². The van der Waals surface area contributed by atoms with E-state index in [0.717, 1.165) is 19.3 Å². The van der Waals surface area contributed by atoms with Crippen molar-refractivity contribution in [2.75, 3.05) is 31.6 Å². The Labute approximate surface area is 128 Å². The zero-order chi connectivity index (χ0) is 16.3. The van der Waals surface area contributed by atoms with Gasteiger partial charge in [0.1, 0.15) is 9.84 Å². The number of nitrogens with zero attached hydrogens (tertiary/aromatic N) is 1. The number of carbonyl (C=O) groups is 1. The SMILES string of the molecule is CC1CN(C(C)(C)CNC(=O)CCS(C)(=O)=O)CC(C)O1. The Morgan fingerprint density at radius 2 is 1.81 bits per heavy atom. The van der Waals surface area contributed by atoms with Crippen molar-refractivity contribution in [3.05, 3.63) is 0 Å². The highest BCUT2D eigenvalue weighted by Crippen LogP contribution is 2.20. The lowest BCUT2D eigenvalue weighted by Gasteiger charge is -2.45. The molecule has 0 aromatic heterocycles. The van der Waals surface area contributed by atoms with Crippen molar-refractivity contribution in [2.24, 2.45) is 0 Å². The quantitative estimate of drug-likeness (QED) is 0.768. The molecule has 0 spiro atoms. The minimum Gasteiger partial charge on any atom is -0.373 e. The van der Waals surface area contributed by atoms with Gasteiger partial charge in [0, 0.05) is 37.8 Å². The van der Waals surface area contributed by atoms with Crippen LogP contribution in [0.15, 0.2) is 0 Å². The molecule has 0 bridgehead atoms.